The summed E-state index contributed by atoms with van der Waals surface area (Å²) in [6.45, 7) is 5.79. The summed E-state index contributed by atoms with van der Waals surface area (Å²) < 4.78 is 1.81. The molecule has 0 bridgehead atoms. The number of amides is 3. The number of nitrogens with zero attached hydrogens (tertiary/aromatic N) is 4. The van der Waals surface area contributed by atoms with Gasteiger partial charge in [0, 0.05) is 17.1 Å². The van der Waals surface area contributed by atoms with Crippen molar-refractivity contribution in [2.75, 3.05) is 10.2 Å². The molecule has 0 saturated heterocycles. The predicted molar refractivity (Wildman–Crippen MR) is 130 cm³/mol. The van der Waals surface area contributed by atoms with Crippen LogP contribution in [-0.4, -0.2) is 32.5 Å². The van der Waals surface area contributed by atoms with Crippen LogP contribution in [0.4, 0.5) is 11.4 Å². The number of aromatic nitrogens is 3. The first kappa shape index (κ1) is 21.8. The topological polar surface area (TPSA) is 97.2 Å². The second-order valence-corrected chi connectivity index (χ2v) is 8.74. The Morgan fingerprint density at radius 1 is 1.03 bits per heavy atom. The molecule has 0 fully saturated rings. The number of hydrogen-bond donors (Lipinski definition) is 1. The van der Waals surface area contributed by atoms with Gasteiger partial charge in [-0.15, -0.1) is 0 Å². The van der Waals surface area contributed by atoms with Gasteiger partial charge >= 0.3 is 0 Å². The number of carbonyl (C=O) groups excluding carboxylic acids is 3. The molecule has 5 rings (SSSR count). The Labute approximate surface area is 200 Å². The van der Waals surface area contributed by atoms with Crippen LogP contribution in [0, 0.1) is 6.92 Å². The summed E-state index contributed by atoms with van der Waals surface area (Å²) in [5, 5.41) is 8.09. The van der Waals surface area contributed by atoms with Gasteiger partial charge in [0.2, 0.25) is 0 Å². The normalized spacial score (nSPS) is 13.1. The van der Waals surface area contributed by atoms with Gasteiger partial charge in [0.15, 0.2) is 5.65 Å². The fourth-order valence-electron chi connectivity index (χ4n) is 4.05. The van der Waals surface area contributed by atoms with E-state index in [1.807, 2.05) is 18.5 Å². The second kappa shape index (κ2) is 8.07. The van der Waals surface area contributed by atoms with Crippen LogP contribution in [0.25, 0.3) is 11.0 Å². The van der Waals surface area contributed by atoms with E-state index in [0.29, 0.717) is 28.1 Å². The Bertz CT molecular complexity index is 1470. The highest BCUT2D eigenvalue weighted by molar-refractivity contribution is 6.40. The maximum Gasteiger partial charge on any atom is 0.266 e. The Morgan fingerprint density at radius 2 is 1.71 bits per heavy atom. The first-order valence-electron chi connectivity index (χ1n) is 10.7. The van der Waals surface area contributed by atoms with E-state index in [-0.39, 0.29) is 22.7 Å². The first-order chi connectivity index (χ1) is 16.3. The van der Waals surface area contributed by atoms with Gasteiger partial charge < -0.3 is 5.32 Å². The maximum absolute atomic E-state index is 13.0. The number of imide groups is 1. The van der Waals surface area contributed by atoms with Crippen molar-refractivity contribution in [3.8, 4) is 0 Å². The molecule has 4 aromatic rings. The van der Waals surface area contributed by atoms with Crippen molar-refractivity contribution in [2.24, 2.45) is 0 Å². The molecular weight excluding hydrogens is 454 g/mol. The number of benzene rings is 2. The monoisotopic (exact) mass is 473 g/mol. The van der Waals surface area contributed by atoms with Crippen LogP contribution in [0.2, 0.25) is 5.02 Å². The van der Waals surface area contributed by atoms with E-state index in [0.717, 1.165) is 15.9 Å². The van der Waals surface area contributed by atoms with Crippen LogP contribution in [0.3, 0.4) is 0 Å². The number of pyridine rings is 1. The second-order valence-electron chi connectivity index (χ2n) is 8.33. The molecule has 8 nitrogen and oxygen atoms in total. The van der Waals surface area contributed by atoms with Gasteiger partial charge in [-0.1, -0.05) is 23.7 Å². The molecule has 0 atom stereocenters. The predicted octanol–water partition coefficient (Wildman–Crippen LogP) is 5.03. The van der Waals surface area contributed by atoms with Crippen LogP contribution in [0.1, 0.15) is 56.7 Å². The summed E-state index contributed by atoms with van der Waals surface area (Å²) >= 11 is 6.43. The molecule has 34 heavy (non-hydrogen) atoms. The largest absolute Gasteiger partial charge is 0.322 e. The summed E-state index contributed by atoms with van der Waals surface area (Å²) in [7, 11) is 0. The number of anilines is 2. The summed E-state index contributed by atoms with van der Waals surface area (Å²) in [6, 6.07) is 13.2. The van der Waals surface area contributed by atoms with Crippen LogP contribution in [0.5, 0.6) is 0 Å². The zero-order valence-electron chi connectivity index (χ0n) is 18.7. The summed E-state index contributed by atoms with van der Waals surface area (Å²) in [6.07, 6.45) is 1.69. The molecule has 0 aliphatic carbocycles. The highest BCUT2D eigenvalue weighted by Crippen LogP contribution is 2.35. The van der Waals surface area contributed by atoms with E-state index in [1.165, 1.54) is 6.07 Å². The first-order valence-corrected chi connectivity index (χ1v) is 11.1. The summed E-state index contributed by atoms with van der Waals surface area (Å²) in [4.78, 5) is 44.1. The molecule has 3 heterocycles. The molecular formula is C25H20ClN5O3. The van der Waals surface area contributed by atoms with Crippen molar-refractivity contribution < 1.29 is 14.4 Å². The fraction of sp³-hybridized carbons (Fsp3) is 0.160. The highest BCUT2D eigenvalue weighted by atomic mass is 35.5. The summed E-state index contributed by atoms with van der Waals surface area (Å²) in [5.74, 6) is -1.22. The molecule has 170 valence electrons. The van der Waals surface area contributed by atoms with Gasteiger partial charge in [-0.05, 0) is 57.2 Å². The Hall–Kier alpha value is -4.04. The Kier molecular flexibility index (Phi) is 5.17. The maximum atomic E-state index is 13.0. The summed E-state index contributed by atoms with van der Waals surface area (Å²) in [5.41, 5.74) is 3.05. The van der Waals surface area contributed by atoms with E-state index in [1.54, 1.807) is 55.6 Å². The zero-order valence-corrected chi connectivity index (χ0v) is 19.4. The molecule has 0 saturated carbocycles. The number of hydrogen-bond acceptors (Lipinski definition) is 5. The van der Waals surface area contributed by atoms with Crippen LogP contribution in [-0.2, 0) is 0 Å². The van der Waals surface area contributed by atoms with Gasteiger partial charge in [-0.3, -0.25) is 14.4 Å². The lowest BCUT2D eigenvalue weighted by atomic mass is 10.1. The number of halogens is 1. The molecule has 2 aromatic heterocycles. The Balaban J connectivity index is 1.41. The minimum Gasteiger partial charge on any atom is -0.322 e. The molecule has 0 spiro atoms. The highest BCUT2D eigenvalue weighted by Gasteiger charge is 2.37. The standard InChI is InChI=1S/C25H20ClN5O3/c1-13(2)31-22-15(12-27-31)10-19(14(3)28-22)23(32)29-16-8-9-21(20(26)11-16)30-24(33)17-6-4-5-7-18(17)25(30)34/h4-13H,1-3H3,(H,29,32). The van der Waals surface area contributed by atoms with Crippen LogP contribution >= 0.6 is 11.6 Å². The molecule has 1 N–H and O–H groups in total. The SMILES string of the molecule is Cc1nc2c(cnn2C(C)C)cc1C(=O)Nc1ccc(N2C(=O)c3ccccc3C2=O)c(Cl)c1. The van der Waals surface area contributed by atoms with Gasteiger partial charge in [-0.2, -0.15) is 5.10 Å². The smallest absolute Gasteiger partial charge is 0.266 e. The lowest BCUT2D eigenvalue weighted by Crippen LogP contribution is -2.29. The van der Waals surface area contributed by atoms with E-state index >= 15 is 0 Å². The van der Waals surface area contributed by atoms with Gasteiger partial charge in [0.25, 0.3) is 17.7 Å². The fourth-order valence-corrected chi connectivity index (χ4v) is 4.31. The average Bonchev–Trinajstić information content (AvgIpc) is 3.32. The third kappa shape index (κ3) is 3.43. The van der Waals surface area contributed by atoms with E-state index in [4.69, 9.17) is 11.6 Å². The van der Waals surface area contributed by atoms with Crippen molar-refractivity contribution in [2.45, 2.75) is 26.8 Å². The van der Waals surface area contributed by atoms with Crippen molar-refractivity contribution in [1.82, 2.24) is 14.8 Å². The number of fused-ring (bicyclic) bond motifs is 2. The van der Waals surface area contributed by atoms with Gasteiger partial charge in [-0.25, -0.2) is 14.6 Å². The third-order valence-corrected chi connectivity index (χ3v) is 6.04. The minimum atomic E-state index is -0.434. The number of aryl methyl sites for hydroxylation is 1. The molecule has 3 amide bonds. The lowest BCUT2D eigenvalue weighted by molar-refractivity contribution is 0.0924. The lowest BCUT2D eigenvalue weighted by Gasteiger charge is -2.17. The Morgan fingerprint density at radius 3 is 2.32 bits per heavy atom. The van der Waals surface area contributed by atoms with Gasteiger partial charge in [0.1, 0.15) is 0 Å². The zero-order chi connectivity index (χ0) is 24.1. The molecule has 2 aromatic carbocycles. The van der Waals surface area contributed by atoms with Crippen molar-refractivity contribution >= 4 is 51.7 Å². The average molecular weight is 474 g/mol. The third-order valence-electron chi connectivity index (χ3n) is 5.73. The number of nitrogens with one attached hydrogen (secondary N) is 1. The molecule has 9 heteroatoms. The van der Waals surface area contributed by atoms with E-state index in [9.17, 15) is 14.4 Å². The van der Waals surface area contributed by atoms with Crippen molar-refractivity contribution in [3.63, 3.8) is 0 Å². The van der Waals surface area contributed by atoms with E-state index < -0.39 is 11.8 Å². The quantitative estimate of drug-likeness (QED) is 0.419. The van der Waals surface area contributed by atoms with Crippen LogP contribution < -0.4 is 10.2 Å². The minimum absolute atomic E-state index is 0.145. The number of rotatable bonds is 4. The number of carbonyl (C=O) groups is 3. The molecule has 0 unspecified atom stereocenters. The van der Waals surface area contributed by atoms with Crippen molar-refractivity contribution in [3.05, 3.63) is 82.1 Å². The van der Waals surface area contributed by atoms with Crippen LogP contribution in [0.15, 0.2) is 54.7 Å². The molecule has 1 aliphatic heterocycles. The van der Waals surface area contributed by atoms with Gasteiger partial charge in [0.05, 0.1) is 39.3 Å². The van der Waals surface area contributed by atoms with Crippen molar-refractivity contribution in [1.29, 1.82) is 0 Å². The molecule has 1 aliphatic rings. The van der Waals surface area contributed by atoms with E-state index in [2.05, 4.69) is 15.4 Å². The molecule has 0 radical (unpaired) electrons.